The summed E-state index contributed by atoms with van der Waals surface area (Å²) in [5.74, 6) is 2.52. The van der Waals surface area contributed by atoms with Gasteiger partial charge in [0.25, 0.3) is 0 Å². The van der Waals surface area contributed by atoms with Crippen LogP contribution in [0.1, 0.15) is 20.8 Å². The molecule has 0 bridgehead atoms. The number of fused-ring (bicyclic) bond motifs is 1. The summed E-state index contributed by atoms with van der Waals surface area (Å²) < 4.78 is 5.22. The van der Waals surface area contributed by atoms with Crippen molar-refractivity contribution in [2.45, 2.75) is 32.0 Å². The van der Waals surface area contributed by atoms with Gasteiger partial charge in [-0.2, -0.15) is 0 Å². The number of nitrogens with one attached hydrogen (secondary N) is 2. The summed E-state index contributed by atoms with van der Waals surface area (Å²) in [6.45, 7) is 7.64. The number of benzene rings is 1. The Morgan fingerprint density at radius 2 is 2.15 bits per heavy atom. The standard InChI is InChI=1S/C15H23N3OS/c1-10(2)16-8-11(3)9-20-15-17-13-6-5-12(19-4)7-14(13)18-15/h5-7,10-11,16H,8-9H2,1-4H3,(H,17,18). The third kappa shape index (κ3) is 4.15. The predicted molar refractivity (Wildman–Crippen MR) is 85.7 cm³/mol. The molecule has 0 saturated heterocycles. The number of ether oxygens (including phenoxy) is 1. The summed E-state index contributed by atoms with van der Waals surface area (Å²) in [6.07, 6.45) is 0. The maximum absolute atomic E-state index is 5.22. The lowest BCUT2D eigenvalue weighted by atomic mass is 10.2. The second kappa shape index (κ2) is 6.99. The second-order valence-electron chi connectivity index (χ2n) is 5.40. The molecule has 5 heteroatoms. The Bertz CT molecular complexity index is 553. The van der Waals surface area contributed by atoms with Gasteiger partial charge >= 0.3 is 0 Å². The molecule has 0 amide bonds. The van der Waals surface area contributed by atoms with E-state index in [9.17, 15) is 0 Å². The van der Waals surface area contributed by atoms with Crippen molar-refractivity contribution < 1.29 is 4.74 Å². The van der Waals surface area contributed by atoms with Crippen molar-refractivity contribution in [1.82, 2.24) is 15.3 Å². The molecule has 110 valence electrons. The quantitative estimate of drug-likeness (QED) is 0.769. The van der Waals surface area contributed by atoms with Crippen molar-refractivity contribution in [1.29, 1.82) is 0 Å². The maximum atomic E-state index is 5.22. The number of hydrogen-bond donors (Lipinski definition) is 2. The van der Waals surface area contributed by atoms with Gasteiger partial charge in [-0.25, -0.2) is 4.98 Å². The monoisotopic (exact) mass is 293 g/mol. The SMILES string of the molecule is COc1ccc2nc(SCC(C)CNC(C)C)[nH]c2c1. The highest BCUT2D eigenvalue weighted by Crippen LogP contribution is 2.24. The van der Waals surface area contributed by atoms with Gasteiger partial charge in [-0.15, -0.1) is 0 Å². The Morgan fingerprint density at radius 1 is 1.35 bits per heavy atom. The van der Waals surface area contributed by atoms with Crippen LogP contribution in [0.4, 0.5) is 0 Å². The highest BCUT2D eigenvalue weighted by Gasteiger charge is 2.08. The van der Waals surface area contributed by atoms with E-state index in [1.165, 1.54) is 0 Å². The van der Waals surface area contributed by atoms with Gasteiger partial charge in [-0.05, 0) is 24.6 Å². The first-order chi connectivity index (χ1) is 9.58. The minimum atomic E-state index is 0.543. The van der Waals surface area contributed by atoms with Crippen LogP contribution in [-0.2, 0) is 0 Å². The summed E-state index contributed by atoms with van der Waals surface area (Å²) >= 11 is 1.77. The zero-order chi connectivity index (χ0) is 14.5. The van der Waals surface area contributed by atoms with E-state index in [0.717, 1.165) is 34.2 Å². The lowest BCUT2D eigenvalue weighted by Gasteiger charge is -2.13. The first-order valence-corrected chi connectivity index (χ1v) is 7.97. The third-order valence-electron chi connectivity index (χ3n) is 3.05. The van der Waals surface area contributed by atoms with Crippen LogP contribution >= 0.6 is 11.8 Å². The number of imidazole rings is 1. The summed E-state index contributed by atoms with van der Waals surface area (Å²) in [7, 11) is 1.68. The minimum Gasteiger partial charge on any atom is -0.497 e. The average molecular weight is 293 g/mol. The van der Waals surface area contributed by atoms with Crippen LogP contribution in [0.2, 0.25) is 0 Å². The van der Waals surface area contributed by atoms with E-state index in [1.807, 2.05) is 18.2 Å². The molecule has 0 saturated carbocycles. The molecule has 1 heterocycles. The van der Waals surface area contributed by atoms with Crippen molar-refractivity contribution in [2.75, 3.05) is 19.4 Å². The van der Waals surface area contributed by atoms with E-state index < -0.39 is 0 Å². The lowest BCUT2D eigenvalue weighted by molar-refractivity contribution is 0.415. The van der Waals surface area contributed by atoms with Crippen LogP contribution in [-0.4, -0.2) is 35.4 Å². The minimum absolute atomic E-state index is 0.543. The first-order valence-electron chi connectivity index (χ1n) is 6.98. The summed E-state index contributed by atoms with van der Waals surface area (Å²) in [6, 6.07) is 6.45. The fraction of sp³-hybridized carbons (Fsp3) is 0.533. The Labute approximate surface area is 124 Å². The Kier molecular flexibility index (Phi) is 5.31. The smallest absolute Gasteiger partial charge is 0.166 e. The largest absolute Gasteiger partial charge is 0.497 e. The van der Waals surface area contributed by atoms with Crippen LogP contribution in [0, 0.1) is 5.92 Å². The number of rotatable bonds is 7. The number of nitrogens with zero attached hydrogens (tertiary/aromatic N) is 1. The van der Waals surface area contributed by atoms with Gasteiger partial charge < -0.3 is 15.0 Å². The molecule has 1 aromatic heterocycles. The van der Waals surface area contributed by atoms with Crippen LogP contribution in [0.5, 0.6) is 5.75 Å². The summed E-state index contributed by atoms with van der Waals surface area (Å²) in [5, 5.41) is 4.44. The number of H-pyrrole nitrogens is 1. The third-order valence-corrected chi connectivity index (χ3v) is 4.25. The van der Waals surface area contributed by atoms with Gasteiger partial charge in [0.1, 0.15) is 5.75 Å². The Hall–Kier alpha value is -1.20. The van der Waals surface area contributed by atoms with Crippen LogP contribution < -0.4 is 10.1 Å². The van der Waals surface area contributed by atoms with E-state index in [2.05, 4.69) is 36.1 Å². The molecular weight excluding hydrogens is 270 g/mol. The van der Waals surface area contributed by atoms with E-state index in [4.69, 9.17) is 4.74 Å². The molecule has 2 rings (SSSR count). The molecule has 2 aromatic rings. The van der Waals surface area contributed by atoms with E-state index in [1.54, 1.807) is 18.9 Å². The molecule has 20 heavy (non-hydrogen) atoms. The van der Waals surface area contributed by atoms with Crippen molar-refractivity contribution in [3.63, 3.8) is 0 Å². The van der Waals surface area contributed by atoms with Crippen molar-refractivity contribution >= 4 is 22.8 Å². The number of methoxy groups -OCH3 is 1. The van der Waals surface area contributed by atoms with Crippen molar-refractivity contribution in [3.05, 3.63) is 18.2 Å². The van der Waals surface area contributed by atoms with Crippen molar-refractivity contribution in [2.24, 2.45) is 5.92 Å². The molecule has 1 unspecified atom stereocenters. The van der Waals surface area contributed by atoms with Gasteiger partial charge in [-0.3, -0.25) is 0 Å². The predicted octanol–water partition coefficient (Wildman–Crippen LogP) is 3.30. The highest BCUT2D eigenvalue weighted by molar-refractivity contribution is 7.99. The summed E-state index contributed by atoms with van der Waals surface area (Å²) in [5.41, 5.74) is 2.01. The molecule has 1 aromatic carbocycles. The fourth-order valence-corrected chi connectivity index (χ4v) is 2.78. The normalized spacial score (nSPS) is 13.1. The van der Waals surface area contributed by atoms with Crippen molar-refractivity contribution in [3.8, 4) is 5.75 Å². The Balaban J connectivity index is 1.93. The van der Waals surface area contributed by atoms with Gasteiger partial charge in [0.2, 0.25) is 0 Å². The average Bonchev–Trinajstić information content (AvgIpc) is 2.84. The summed E-state index contributed by atoms with van der Waals surface area (Å²) in [4.78, 5) is 7.93. The van der Waals surface area contributed by atoms with Gasteiger partial charge in [-0.1, -0.05) is 32.5 Å². The molecular formula is C15H23N3OS. The number of thioether (sulfide) groups is 1. The number of aromatic amines is 1. The molecule has 0 aliphatic carbocycles. The second-order valence-corrected chi connectivity index (χ2v) is 6.41. The van der Waals surface area contributed by atoms with E-state index in [0.29, 0.717) is 12.0 Å². The highest BCUT2D eigenvalue weighted by atomic mass is 32.2. The van der Waals surface area contributed by atoms with E-state index >= 15 is 0 Å². The molecule has 0 aliphatic heterocycles. The topological polar surface area (TPSA) is 49.9 Å². The first kappa shape index (κ1) is 15.2. The molecule has 0 fully saturated rings. The molecule has 2 N–H and O–H groups in total. The van der Waals surface area contributed by atoms with E-state index in [-0.39, 0.29) is 0 Å². The molecule has 0 aliphatic rings. The van der Waals surface area contributed by atoms with Gasteiger partial charge in [0.05, 0.1) is 18.1 Å². The number of aromatic nitrogens is 2. The number of hydrogen-bond acceptors (Lipinski definition) is 4. The molecule has 1 atom stereocenters. The van der Waals surface area contributed by atoms with Crippen LogP contribution in [0.3, 0.4) is 0 Å². The zero-order valence-corrected chi connectivity index (χ0v) is 13.4. The Morgan fingerprint density at radius 3 is 2.85 bits per heavy atom. The molecule has 4 nitrogen and oxygen atoms in total. The molecule has 0 spiro atoms. The zero-order valence-electron chi connectivity index (χ0n) is 12.6. The molecule has 0 radical (unpaired) electrons. The lowest BCUT2D eigenvalue weighted by Crippen LogP contribution is -2.28. The fourth-order valence-electron chi connectivity index (χ4n) is 1.88. The van der Waals surface area contributed by atoms with Crippen LogP contribution in [0.15, 0.2) is 23.4 Å². The maximum Gasteiger partial charge on any atom is 0.166 e. The van der Waals surface area contributed by atoms with Gasteiger partial charge in [0, 0.05) is 17.9 Å². The van der Waals surface area contributed by atoms with Crippen LogP contribution in [0.25, 0.3) is 11.0 Å². The van der Waals surface area contributed by atoms with Gasteiger partial charge in [0.15, 0.2) is 5.16 Å².